The molecule has 3 nitrogen and oxygen atoms in total. The molecule has 0 aliphatic carbocycles. The Morgan fingerprint density at radius 2 is 2.31 bits per heavy atom. The molecule has 0 bridgehead atoms. The first-order valence-corrected chi connectivity index (χ1v) is 6.48. The molecule has 0 spiro atoms. The van der Waals surface area contributed by atoms with Crippen molar-refractivity contribution in [1.29, 1.82) is 0 Å². The largest absolute Gasteiger partial charge is 0.355 e. The van der Waals surface area contributed by atoms with Crippen molar-refractivity contribution >= 4 is 17.4 Å². The second-order valence-corrected chi connectivity index (χ2v) is 4.66. The minimum atomic E-state index is 0.436. The zero-order valence-corrected chi connectivity index (χ0v) is 10.5. The lowest BCUT2D eigenvalue weighted by Gasteiger charge is -2.16. The van der Waals surface area contributed by atoms with Crippen molar-refractivity contribution in [3.63, 3.8) is 0 Å². The highest BCUT2D eigenvalue weighted by molar-refractivity contribution is 6.16. The number of alkyl halides is 1. The summed E-state index contributed by atoms with van der Waals surface area (Å²) in [4.78, 5) is 11.0. The van der Waals surface area contributed by atoms with Crippen molar-refractivity contribution in [3.05, 3.63) is 18.1 Å². The Balaban J connectivity index is 1.97. The third-order valence-corrected chi connectivity index (χ3v) is 3.41. The van der Waals surface area contributed by atoms with Gasteiger partial charge in [-0.25, -0.2) is 4.98 Å². The molecule has 2 heterocycles. The van der Waals surface area contributed by atoms with Crippen LogP contribution in [0.15, 0.2) is 12.4 Å². The number of hydrogen-bond acceptors (Lipinski definition) is 3. The van der Waals surface area contributed by atoms with E-state index in [9.17, 15) is 0 Å². The Hall–Kier alpha value is -0.830. The van der Waals surface area contributed by atoms with Crippen LogP contribution in [0.25, 0.3) is 0 Å². The molecular weight excluding hydrogens is 222 g/mol. The first-order valence-electron chi connectivity index (χ1n) is 5.95. The van der Waals surface area contributed by atoms with Crippen molar-refractivity contribution in [3.8, 4) is 0 Å². The van der Waals surface area contributed by atoms with Crippen LogP contribution in [0.1, 0.15) is 31.9 Å². The normalized spacial score (nSPS) is 20.4. The Morgan fingerprint density at radius 3 is 2.94 bits per heavy atom. The number of rotatable bonds is 4. The van der Waals surface area contributed by atoms with E-state index in [1.165, 1.54) is 19.3 Å². The van der Waals surface area contributed by atoms with E-state index >= 15 is 0 Å². The maximum Gasteiger partial charge on any atom is 0.147 e. The minimum absolute atomic E-state index is 0.436. The van der Waals surface area contributed by atoms with Gasteiger partial charge in [0.15, 0.2) is 0 Å². The first kappa shape index (κ1) is 11.6. The fourth-order valence-electron chi connectivity index (χ4n) is 2.26. The highest BCUT2D eigenvalue weighted by Gasteiger charge is 2.22. The average molecular weight is 240 g/mol. The third-order valence-electron chi connectivity index (χ3n) is 3.14. The topological polar surface area (TPSA) is 29.0 Å². The van der Waals surface area contributed by atoms with Crippen LogP contribution in [0.2, 0.25) is 0 Å². The summed E-state index contributed by atoms with van der Waals surface area (Å²) in [5, 5.41) is 0. The standard InChI is InChI=1S/C12H18ClN3/c1-2-3-10-4-5-16(9-10)12-8-14-11(6-13)7-15-12/h7-8,10H,2-6,9H2,1H3. The van der Waals surface area contributed by atoms with Crippen molar-refractivity contribution < 1.29 is 0 Å². The Bertz CT molecular complexity index is 326. The lowest BCUT2D eigenvalue weighted by atomic mass is 10.0. The number of halogens is 1. The van der Waals surface area contributed by atoms with Gasteiger partial charge in [0.05, 0.1) is 24.0 Å². The van der Waals surface area contributed by atoms with Gasteiger partial charge in [-0.3, -0.25) is 4.98 Å². The van der Waals surface area contributed by atoms with E-state index in [1.807, 2.05) is 6.20 Å². The van der Waals surface area contributed by atoms with Crippen LogP contribution in [0, 0.1) is 5.92 Å². The molecule has 1 saturated heterocycles. The fourth-order valence-corrected chi connectivity index (χ4v) is 2.40. The second-order valence-electron chi connectivity index (χ2n) is 4.39. The molecule has 88 valence electrons. The van der Waals surface area contributed by atoms with Crippen LogP contribution in [-0.2, 0) is 5.88 Å². The number of hydrogen-bond donors (Lipinski definition) is 0. The van der Waals surface area contributed by atoms with Crippen LogP contribution in [-0.4, -0.2) is 23.1 Å². The summed E-state index contributed by atoms with van der Waals surface area (Å²) in [5.41, 5.74) is 0.842. The molecule has 1 aliphatic heterocycles. The van der Waals surface area contributed by atoms with E-state index in [-0.39, 0.29) is 0 Å². The predicted molar refractivity (Wildman–Crippen MR) is 66.8 cm³/mol. The molecule has 0 saturated carbocycles. The SMILES string of the molecule is CCCC1CCN(c2cnc(CCl)cn2)C1. The molecule has 2 rings (SSSR count). The number of aromatic nitrogens is 2. The van der Waals surface area contributed by atoms with Crippen molar-refractivity contribution in [2.75, 3.05) is 18.0 Å². The summed E-state index contributed by atoms with van der Waals surface area (Å²) in [6.07, 6.45) is 7.49. The zero-order valence-electron chi connectivity index (χ0n) is 9.69. The molecule has 16 heavy (non-hydrogen) atoms. The van der Waals surface area contributed by atoms with Crippen LogP contribution in [0.4, 0.5) is 5.82 Å². The van der Waals surface area contributed by atoms with Gasteiger partial charge in [0.25, 0.3) is 0 Å². The Labute approximate surface area is 102 Å². The maximum absolute atomic E-state index is 5.69. The molecule has 1 fully saturated rings. The van der Waals surface area contributed by atoms with E-state index in [2.05, 4.69) is 21.8 Å². The molecule has 1 unspecified atom stereocenters. The molecule has 0 aromatic carbocycles. The van der Waals surface area contributed by atoms with Crippen molar-refractivity contribution in [2.24, 2.45) is 5.92 Å². The van der Waals surface area contributed by atoms with E-state index in [0.717, 1.165) is 30.5 Å². The van der Waals surface area contributed by atoms with Crippen LogP contribution >= 0.6 is 11.6 Å². The lowest BCUT2D eigenvalue weighted by Crippen LogP contribution is -2.21. The van der Waals surface area contributed by atoms with Gasteiger partial charge in [0, 0.05) is 13.1 Å². The fraction of sp³-hybridized carbons (Fsp3) is 0.667. The van der Waals surface area contributed by atoms with E-state index < -0.39 is 0 Å². The van der Waals surface area contributed by atoms with Crippen LogP contribution < -0.4 is 4.90 Å². The Kier molecular flexibility index (Phi) is 3.99. The molecule has 1 atom stereocenters. The highest BCUT2D eigenvalue weighted by Crippen LogP contribution is 2.24. The third kappa shape index (κ3) is 2.64. The molecule has 0 amide bonds. The van der Waals surface area contributed by atoms with E-state index in [4.69, 9.17) is 11.6 Å². The molecule has 0 radical (unpaired) electrons. The van der Waals surface area contributed by atoms with Crippen LogP contribution in [0.5, 0.6) is 0 Å². The van der Waals surface area contributed by atoms with Gasteiger partial charge in [-0.2, -0.15) is 0 Å². The maximum atomic E-state index is 5.69. The summed E-state index contributed by atoms with van der Waals surface area (Å²) in [6, 6.07) is 0. The average Bonchev–Trinajstić information content (AvgIpc) is 2.78. The van der Waals surface area contributed by atoms with E-state index in [1.54, 1.807) is 6.20 Å². The molecule has 0 N–H and O–H groups in total. The zero-order chi connectivity index (χ0) is 11.4. The van der Waals surface area contributed by atoms with Crippen LogP contribution in [0.3, 0.4) is 0 Å². The predicted octanol–water partition coefficient (Wildman–Crippen LogP) is 2.84. The lowest BCUT2D eigenvalue weighted by molar-refractivity contribution is 0.529. The minimum Gasteiger partial charge on any atom is -0.355 e. The summed E-state index contributed by atoms with van der Waals surface area (Å²) in [6.45, 7) is 4.49. The number of nitrogens with zero attached hydrogens (tertiary/aromatic N) is 3. The molecule has 1 aromatic heterocycles. The molecule has 1 aromatic rings. The first-order chi connectivity index (χ1) is 7.83. The molecular formula is C12H18ClN3. The van der Waals surface area contributed by atoms with Gasteiger partial charge >= 0.3 is 0 Å². The van der Waals surface area contributed by atoms with Crippen molar-refractivity contribution in [2.45, 2.75) is 32.1 Å². The summed E-state index contributed by atoms with van der Waals surface area (Å²) in [7, 11) is 0. The molecule has 1 aliphatic rings. The molecule has 4 heteroatoms. The Morgan fingerprint density at radius 1 is 1.44 bits per heavy atom. The number of anilines is 1. The van der Waals surface area contributed by atoms with Crippen molar-refractivity contribution in [1.82, 2.24) is 9.97 Å². The van der Waals surface area contributed by atoms with Gasteiger partial charge in [-0.1, -0.05) is 13.3 Å². The van der Waals surface area contributed by atoms with E-state index in [0.29, 0.717) is 5.88 Å². The van der Waals surface area contributed by atoms with Gasteiger partial charge < -0.3 is 4.90 Å². The second kappa shape index (κ2) is 5.48. The van der Waals surface area contributed by atoms with Gasteiger partial charge in [0.1, 0.15) is 5.82 Å². The summed E-state index contributed by atoms with van der Waals surface area (Å²) >= 11 is 5.69. The highest BCUT2D eigenvalue weighted by atomic mass is 35.5. The van der Waals surface area contributed by atoms with Gasteiger partial charge in [-0.05, 0) is 18.8 Å². The van der Waals surface area contributed by atoms with Gasteiger partial charge in [-0.15, -0.1) is 11.6 Å². The quantitative estimate of drug-likeness (QED) is 0.757. The summed E-state index contributed by atoms with van der Waals surface area (Å²) < 4.78 is 0. The van der Waals surface area contributed by atoms with Gasteiger partial charge in [0.2, 0.25) is 0 Å². The smallest absolute Gasteiger partial charge is 0.147 e. The monoisotopic (exact) mass is 239 g/mol. The summed E-state index contributed by atoms with van der Waals surface area (Å²) in [5.74, 6) is 2.26.